The van der Waals surface area contributed by atoms with Gasteiger partial charge in [0.2, 0.25) is 0 Å². The lowest BCUT2D eigenvalue weighted by Crippen LogP contribution is -2.44. The first-order valence-corrected chi connectivity index (χ1v) is 21.0. The fourth-order valence-corrected chi connectivity index (χ4v) is 7.44. The number of aliphatic carboxylic acids is 1. The van der Waals surface area contributed by atoms with E-state index in [0.717, 1.165) is 50.1 Å². The van der Waals surface area contributed by atoms with E-state index in [4.69, 9.17) is 47.6 Å². The molecule has 0 bridgehead atoms. The first kappa shape index (κ1) is 47.1. The summed E-state index contributed by atoms with van der Waals surface area (Å²) in [5, 5.41) is 40.8. The Kier molecular flexibility index (Phi) is 16.4. The third kappa shape index (κ3) is 12.0. The molecule has 332 valence electrons. The number of carbonyl (C=O) groups is 1. The average Bonchev–Trinajstić information content (AvgIpc) is 3.28. The summed E-state index contributed by atoms with van der Waals surface area (Å²) in [6.45, 7) is 5.95. The topological polar surface area (TPSA) is 189 Å². The third-order valence-corrected chi connectivity index (χ3v) is 11.1. The van der Waals surface area contributed by atoms with Gasteiger partial charge in [-0.25, -0.2) is 0 Å². The fraction of sp³-hybridized carbons (Fsp3) is 0.245. The van der Waals surface area contributed by atoms with Crippen molar-refractivity contribution in [3.05, 3.63) is 163 Å². The maximum atomic E-state index is 11.8. The number of aliphatic hydroxyl groups is 2. The van der Waals surface area contributed by atoms with Crippen LogP contribution in [0.3, 0.4) is 0 Å². The molecule has 0 aliphatic carbocycles. The maximum absolute atomic E-state index is 11.8. The van der Waals surface area contributed by atoms with E-state index < -0.39 is 18.1 Å². The van der Waals surface area contributed by atoms with Crippen LogP contribution < -0.4 is 24.3 Å². The van der Waals surface area contributed by atoms with Crippen LogP contribution >= 0.6 is 23.2 Å². The predicted molar refractivity (Wildman–Crippen MR) is 247 cm³/mol. The average molecular weight is 907 g/mol. The van der Waals surface area contributed by atoms with Crippen molar-refractivity contribution in [2.75, 3.05) is 7.05 Å². The number of halogens is 2. The van der Waals surface area contributed by atoms with Crippen LogP contribution in [-0.2, 0) is 44.4 Å². The zero-order valence-corrected chi connectivity index (χ0v) is 37.3. The minimum Gasteiger partial charge on any atom is -0.488 e. The number of carboxylic acid groups (broad SMARTS) is 1. The number of rotatable bonds is 21. The van der Waals surface area contributed by atoms with Crippen LogP contribution in [0.1, 0.15) is 62.6 Å². The fourth-order valence-electron chi connectivity index (χ4n) is 6.96. The van der Waals surface area contributed by atoms with Crippen molar-refractivity contribution in [3.63, 3.8) is 0 Å². The molecule has 6 aromatic rings. The van der Waals surface area contributed by atoms with Crippen LogP contribution in [0.5, 0.6) is 23.0 Å². The van der Waals surface area contributed by atoms with Gasteiger partial charge in [0.15, 0.2) is 0 Å². The predicted octanol–water partition coefficient (Wildman–Crippen LogP) is 8.85. The Morgan fingerprint density at radius 1 is 0.734 bits per heavy atom. The third-order valence-electron chi connectivity index (χ3n) is 10.5. The highest BCUT2D eigenvalue weighted by molar-refractivity contribution is 6.32. The number of carboxylic acids is 1. The quantitative estimate of drug-likeness (QED) is 0.0434. The van der Waals surface area contributed by atoms with E-state index in [2.05, 4.69) is 32.4 Å². The molecule has 0 amide bonds. The molecule has 64 heavy (non-hydrogen) atoms. The number of ether oxygens (including phenoxy) is 4. The molecule has 0 fully saturated rings. The summed E-state index contributed by atoms with van der Waals surface area (Å²) in [7, 11) is 1.69. The number of aliphatic imine (C=N–C) groups is 1. The summed E-state index contributed by atoms with van der Waals surface area (Å²) in [5.74, 6) is 0.395. The number of hydrogen-bond donors (Lipinski definition) is 5. The number of nitrogens with one attached hydrogen (secondary N) is 2. The molecule has 2 heterocycles. The second-order valence-electron chi connectivity index (χ2n) is 15.0. The Hall–Kier alpha value is -6.35. The highest BCUT2D eigenvalue weighted by Gasteiger charge is 2.24. The van der Waals surface area contributed by atoms with Gasteiger partial charge in [0.05, 0.1) is 22.8 Å². The Balaban J connectivity index is 1.19. The molecule has 15 heteroatoms. The zero-order valence-electron chi connectivity index (χ0n) is 35.8. The van der Waals surface area contributed by atoms with Crippen molar-refractivity contribution in [3.8, 4) is 34.1 Å². The molecule has 0 saturated carbocycles. The Morgan fingerprint density at radius 3 is 1.73 bits per heavy atom. The van der Waals surface area contributed by atoms with Crippen molar-refractivity contribution < 1.29 is 39.1 Å². The largest absolute Gasteiger partial charge is 0.488 e. The second kappa shape index (κ2) is 22.3. The highest BCUT2D eigenvalue weighted by Crippen LogP contribution is 2.37. The molecule has 0 saturated heterocycles. The summed E-state index contributed by atoms with van der Waals surface area (Å²) in [6, 6.07) is 21.2. The van der Waals surface area contributed by atoms with E-state index in [1.807, 2.05) is 44.2 Å². The molecule has 6 rings (SSSR count). The Morgan fingerprint density at radius 2 is 1.23 bits per heavy atom. The molecule has 0 spiro atoms. The lowest BCUT2D eigenvalue weighted by Gasteiger charge is -2.20. The molecular weight excluding hydrogens is 857 g/mol. The van der Waals surface area contributed by atoms with Crippen molar-refractivity contribution in [1.82, 2.24) is 15.3 Å². The lowest BCUT2D eigenvalue weighted by atomic mass is 9.92. The van der Waals surface area contributed by atoms with Gasteiger partial charge in [0.25, 0.3) is 0 Å². The minimum atomic E-state index is -1.22. The van der Waals surface area contributed by atoms with E-state index in [1.54, 1.807) is 68.4 Å². The van der Waals surface area contributed by atoms with E-state index >= 15 is 0 Å². The molecule has 0 unspecified atom stereocenters. The smallest absolute Gasteiger partial charge is 0.323 e. The van der Waals surface area contributed by atoms with Gasteiger partial charge in [-0.1, -0.05) is 59.6 Å². The van der Waals surface area contributed by atoms with E-state index in [1.165, 1.54) is 13.1 Å². The molecule has 13 nitrogen and oxygen atoms in total. The van der Waals surface area contributed by atoms with Gasteiger partial charge >= 0.3 is 5.97 Å². The summed E-state index contributed by atoms with van der Waals surface area (Å²) in [5.41, 5.74) is 10.00. The van der Waals surface area contributed by atoms with Gasteiger partial charge in [-0.15, -0.1) is 0 Å². The van der Waals surface area contributed by atoms with Crippen LogP contribution in [-0.4, -0.2) is 62.9 Å². The van der Waals surface area contributed by atoms with Gasteiger partial charge in [-0.3, -0.25) is 25.1 Å². The minimum absolute atomic E-state index is 0.0303. The molecular formula is C49H49Cl2N5O8. The second-order valence-corrected chi connectivity index (χ2v) is 15.8. The molecule has 0 aliphatic heterocycles. The van der Waals surface area contributed by atoms with Gasteiger partial charge in [-0.2, -0.15) is 0 Å². The first-order chi connectivity index (χ1) is 30.9. The van der Waals surface area contributed by atoms with Crippen LogP contribution in [0.25, 0.3) is 11.1 Å². The number of aromatic nitrogens is 2. The molecule has 5 N–H and O–H groups in total. The van der Waals surface area contributed by atoms with Gasteiger partial charge < -0.3 is 39.7 Å². The van der Waals surface area contributed by atoms with Crippen LogP contribution in [0.4, 0.5) is 0 Å². The highest BCUT2D eigenvalue weighted by atomic mass is 35.5. The lowest BCUT2D eigenvalue weighted by molar-refractivity contribution is -0.142. The van der Waals surface area contributed by atoms with Crippen molar-refractivity contribution in [1.29, 1.82) is 5.41 Å². The number of nitrogens with zero attached hydrogens (tertiary/aromatic N) is 3. The van der Waals surface area contributed by atoms with Crippen molar-refractivity contribution in [2.45, 2.75) is 72.5 Å². The number of aliphatic hydroxyl groups excluding tert-OH is 2. The number of benzene rings is 4. The van der Waals surface area contributed by atoms with Crippen molar-refractivity contribution in [2.24, 2.45) is 4.99 Å². The summed E-state index contributed by atoms with van der Waals surface area (Å²) in [4.78, 5) is 24.3. The molecule has 2 atom stereocenters. The monoisotopic (exact) mass is 905 g/mol. The van der Waals surface area contributed by atoms with Gasteiger partial charge in [0, 0.05) is 96.3 Å². The van der Waals surface area contributed by atoms with Crippen LogP contribution in [0.15, 0.2) is 103 Å². The summed E-state index contributed by atoms with van der Waals surface area (Å²) in [6.07, 6.45) is 8.38. The summed E-state index contributed by atoms with van der Waals surface area (Å²) < 4.78 is 25.0. The Bertz CT molecular complexity index is 2640. The van der Waals surface area contributed by atoms with Crippen LogP contribution in [0.2, 0.25) is 10.0 Å². The maximum Gasteiger partial charge on any atom is 0.323 e. The van der Waals surface area contributed by atoms with E-state index in [0.29, 0.717) is 44.7 Å². The SMILES string of the molecule is CN=Cc1cncc(COc2cc(OCc3cccc(-c4cccc(COc5cc(OCc6cncc(C=N)c6)c(CN[C@@H](C(=O)O)[C@H](C)O)cc5Cl)c4C)c3C)c(Cl)cc2CO)c1. The normalized spacial score (nSPS) is 12.2. The standard InChI is InChI=1S/C49H49Cl2N5O8/c1-29-36(27-63-46-15-44(61-25-34-11-32(17-52)19-54-21-34)38(13-42(46)50)23-56-48(31(3)58)49(59)60)7-5-9-40(29)41-10-6-8-37(30(41)2)28-64-47-16-45(39(24-57)14-43(47)51)62-26-35-12-33(18-53-4)20-55-22-35/h5-22,31,48,52,56-58H,23-28H2,1-4H3,(H,59,60)/t31-,48+/m0/s1. The van der Waals surface area contributed by atoms with E-state index in [-0.39, 0.29) is 44.6 Å². The zero-order chi connectivity index (χ0) is 45.8. The molecule has 2 aromatic heterocycles. The molecule has 0 aliphatic rings. The first-order valence-electron chi connectivity index (χ1n) is 20.3. The van der Waals surface area contributed by atoms with Gasteiger partial charge in [-0.05, 0) is 78.4 Å². The molecule has 4 aromatic carbocycles. The molecule has 0 radical (unpaired) electrons. The summed E-state index contributed by atoms with van der Waals surface area (Å²) >= 11 is 13.4. The Labute approximate surface area is 381 Å². The van der Waals surface area contributed by atoms with E-state index in [9.17, 15) is 20.1 Å². The number of hydrogen-bond acceptors (Lipinski definition) is 12. The van der Waals surface area contributed by atoms with Crippen molar-refractivity contribution >= 4 is 41.6 Å². The number of pyridine rings is 2. The van der Waals surface area contributed by atoms with Gasteiger partial charge in [0.1, 0.15) is 55.5 Å². The van der Waals surface area contributed by atoms with Crippen LogP contribution in [0, 0.1) is 19.3 Å².